The number of benzene rings is 2. The molecular weight excluding hydrogens is 274 g/mol. The number of nitro groups is 1. The van der Waals surface area contributed by atoms with Gasteiger partial charge < -0.3 is 20.5 Å². The number of nitrogens with zero attached hydrogens (tertiary/aromatic N) is 1. The SMILES string of the molecule is COc1ccc(Nc2cc(N)cc([N+](=O)[O-])c2)cc1OC. The zero-order chi connectivity index (χ0) is 15.4. The maximum Gasteiger partial charge on any atom is 0.273 e. The number of nitrogen functional groups attached to an aromatic ring is 1. The third-order valence-corrected chi connectivity index (χ3v) is 2.82. The molecule has 0 spiro atoms. The third kappa shape index (κ3) is 3.33. The highest BCUT2D eigenvalue weighted by Crippen LogP contribution is 2.32. The predicted octanol–water partition coefficient (Wildman–Crippen LogP) is 2.94. The van der Waals surface area contributed by atoms with Crippen LogP contribution in [0.4, 0.5) is 22.7 Å². The topological polar surface area (TPSA) is 99.7 Å². The second-order valence-corrected chi connectivity index (χ2v) is 4.27. The highest BCUT2D eigenvalue weighted by Gasteiger charge is 2.10. The summed E-state index contributed by atoms with van der Waals surface area (Å²) in [5, 5.41) is 13.9. The molecule has 0 unspecified atom stereocenters. The van der Waals surface area contributed by atoms with Gasteiger partial charge in [-0.15, -0.1) is 0 Å². The van der Waals surface area contributed by atoms with Crippen molar-refractivity contribution in [3.05, 3.63) is 46.5 Å². The molecule has 0 saturated carbocycles. The van der Waals surface area contributed by atoms with Crippen molar-refractivity contribution in [2.75, 3.05) is 25.3 Å². The van der Waals surface area contributed by atoms with Crippen molar-refractivity contribution in [1.82, 2.24) is 0 Å². The van der Waals surface area contributed by atoms with Crippen LogP contribution in [0.5, 0.6) is 11.5 Å². The van der Waals surface area contributed by atoms with Crippen molar-refractivity contribution >= 4 is 22.7 Å². The van der Waals surface area contributed by atoms with Gasteiger partial charge in [-0.25, -0.2) is 0 Å². The van der Waals surface area contributed by atoms with E-state index in [4.69, 9.17) is 15.2 Å². The van der Waals surface area contributed by atoms with Crippen LogP contribution in [0.25, 0.3) is 0 Å². The molecule has 0 aliphatic carbocycles. The zero-order valence-electron chi connectivity index (χ0n) is 11.6. The molecule has 0 amide bonds. The number of ether oxygens (including phenoxy) is 2. The minimum Gasteiger partial charge on any atom is -0.493 e. The molecule has 3 N–H and O–H groups in total. The first-order chi connectivity index (χ1) is 10.0. The molecule has 110 valence electrons. The lowest BCUT2D eigenvalue weighted by atomic mass is 10.2. The molecule has 2 rings (SSSR count). The predicted molar refractivity (Wildman–Crippen MR) is 80.3 cm³/mol. The van der Waals surface area contributed by atoms with Gasteiger partial charge in [-0.05, 0) is 18.2 Å². The van der Waals surface area contributed by atoms with Crippen LogP contribution in [0, 0.1) is 10.1 Å². The van der Waals surface area contributed by atoms with Crippen molar-refractivity contribution in [3.8, 4) is 11.5 Å². The molecule has 7 heteroatoms. The fourth-order valence-corrected chi connectivity index (χ4v) is 1.89. The van der Waals surface area contributed by atoms with Gasteiger partial charge in [0.25, 0.3) is 5.69 Å². The first kappa shape index (κ1) is 14.4. The summed E-state index contributed by atoms with van der Waals surface area (Å²) in [6.45, 7) is 0. The molecule has 2 aromatic rings. The highest BCUT2D eigenvalue weighted by molar-refractivity contribution is 5.69. The van der Waals surface area contributed by atoms with E-state index in [2.05, 4.69) is 5.32 Å². The Kier molecular flexibility index (Phi) is 4.13. The summed E-state index contributed by atoms with van der Waals surface area (Å²) in [5.41, 5.74) is 7.13. The number of rotatable bonds is 5. The molecule has 0 aliphatic heterocycles. The first-order valence-corrected chi connectivity index (χ1v) is 6.07. The number of hydrogen-bond acceptors (Lipinski definition) is 6. The number of nitro benzene ring substituents is 1. The second kappa shape index (κ2) is 6.00. The number of hydrogen-bond donors (Lipinski definition) is 2. The molecule has 0 radical (unpaired) electrons. The lowest BCUT2D eigenvalue weighted by Gasteiger charge is -2.11. The minimum absolute atomic E-state index is 0.0713. The second-order valence-electron chi connectivity index (χ2n) is 4.27. The number of nitrogens with one attached hydrogen (secondary N) is 1. The smallest absolute Gasteiger partial charge is 0.273 e. The number of methoxy groups -OCH3 is 2. The quantitative estimate of drug-likeness (QED) is 0.498. The Morgan fingerprint density at radius 3 is 2.38 bits per heavy atom. The van der Waals surface area contributed by atoms with Gasteiger partial charge in [0.2, 0.25) is 0 Å². The Morgan fingerprint density at radius 2 is 1.76 bits per heavy atom. The molecule has 21 heavy (non-hydrogen) atoms. The van der Waals surface area contributed by atoms with Crippen molar-refractivity contribution < 1.29 is 14.4 Å². The summed E-state index contributed by atoms with van der Waals surface area (Å²) in [6.07, 6.45) is 0. The number of non-ortho nitro benzene ring substituents is 1. The first-order valence-electron chi connectivity index (χ1n) is 6.07. The Balaban J connectivity index is 2.31. The Bertz CT molecular complexity index is 673. The van der Waals surface area contributed by atoms with E-state index < -0.39 is 4.92 Å². The molecule has 7 nitrogen and oxygen atoms in total. The normalized spacial score (nSPS) is 10.0. The molecule has 0 fully saturated rings. The van der Waals surface area contributed by atoms with E-state index >= 15 is 0 Å². The maximum atomic E-state index is 10.8. The average molecular weight is 289 g/mol. The van der Waals surface area contributed by atoms with E-state index in [9.17, 15) is 10.1 Å². The van der Waals surface area contributed by atoms with Crippen molar-refractivity contribution in [3.63, 3.8) is 0 Å². The van der Waals surface area contributed by atoms with Crippen LogP contribution in [-0.4, -0.2) is 19.1 Å². The fourth-order valence-electron chi connectivity index (χ4n) is 1.89. The Labute approximate surface area is 121 Å². The summed E-state index contributed by atoms with van der Waals surface area (Å²) in [6, 6.07) is 9.57. The van der Waals surface area contributed by atoms with E-state index in [0.29, 0.717) is 28.6 Å². The molecule has 0 aromatic heterocycles. The van der Waals surface area contributed by atoms with Crippen molar-refractivity contribution in [2.45, 2.75) is 0 Å². The van der Waals surface area contributed by atoms with Gasteiger partial charge in [0, 0.05) is 35.3 Å². The maximum absolute atomic E-state index is 10.8. The minimum atomic E-state index is -0.490. The van der Waals surface area contributed by atoms with Gasteiger partial charge in [-0.2, -0.15) is 0 Å². The summed E-state index contributed by atoms with van der Waals surface area (Å²) < 4.78 is 10.4. The monoisotopic (exact) mass is 289 g/mol. The van der Waals surface area contributed by atoms with Crippen molar-refractivity contribution in [1.29, 1.82) is 0 Å². The van der Waals surface area contributed by atoms with Gasteiger partial charge in [-0.3, -0.25) is 10.1 Å². The van der Waals surface area contributed by atoms with Crippen LogP contribution in [0.1, 0.15) is 0 Å². The van der Waals surface area contributed by atoms with E-state index in [1.165, 1.54) is 19.2 Å². The average Bonchev–Trinajstić information content (AvgIpc) is 2.46. The largest absolute Gasteiger partial charge is 0.493 e. The Morgan fingerprint density at radius 1 is 1.05 bits per heavy atom. The summed E-state index contributed by atoms with van der Waals surface area (Å²) >= 11 is 0. The van der Waals surface area contributed by atoms with Crippen LogP contribution < -0.4 is 20.5 Å². The number of nitrogens with two attached hydrogens (primary N) is 1. The molecular formula is C14H15N3O4. The molecule has 0 atom stereocenters. The van der Waals surface area contributed by atoms with Gasteiger partial charge in [-0.1, -0.05) is 0 Å². The van der Waals surface area contributed by atoms with Gasteiger partial charge >= 0.3 is 0 Å². The molecule has 2 aromatic carbocycles. The van der Waals surface area contributed by atoms with Crippen LogP contribution in [-0.2, 0) is 0 Å². The number of anilines is 3. The van der Waals surface area contributed by atoms with Crippen LogP contribution >= 0.6 is 0 Å². The van der Waals surface area contributed by atoms with Crippen LogP contribution in [0.15, 0.2) is 36.4 Å². The van der Waals surface area contributed by atoms with Crippen LogP contribution in [0.2, 0.25) is 0 Å². The van der Waals surface area contributed by atoms with Gasteiger partial charge in [0.15, 0.2) is 11.5 Å². The highest BCUT2D eigenvalue weighted by atomic mass is 16.6. The Hall–Kier alpha value is -2.96. The molecule has 0 saturated heterocycles. The summed E-state index contributed by atoms with van der Waals surface area (Å²) in [7, 11) is 3.08. The summed E-state index contributed by atoms with van der Waals surface area (Å²) in [5.74, 6) is 1.16. The zero-order valence-corrected chi connectivity index (χ0v) is 11.6. The van der Waals surface area contributed by atoms with E-state index in [0.717, 1.165) is 0 Å². The third-order valence-electron chi connectivity index (χ3n) is 2.82. The molecule has 0 bridgehead atoms. The van der Waals surface area contributed by atoms with Crippen LogP contribution in [0.3, 0.4) is 0 Å². The fraction of sp³-hybridized carbons (Fsp3) is 0.143. The standard InChI is InChI=1S/C14H15N3O4/c1-20-13-4-3-10(8-14(13)21-2)16-11-5-9(15)6-12(7-11)17(18)19/h3-8,16H,15H2,1-2H3. The van der Waals surface area contributed by atoms with E-state index in [1.54, 1.807) is 31.4 Å². The van der Waals surface area contributed by atoms with Crippen molar-refractivity contribution in [2.24, 2.45) is 0 Å². The molecule has 0 aliphatic rings. The lowest BCUT2D eigenvalue weighted by Crippen LogP contribution is -1.97. The lowest BCUT2D eigenvalue weighted by molar-refractivity contribution is -0.384. The molecule has 0 heterocycles. The van der Waals surface area contributed by atoms with E-state index in [1.807, 2.05) is 0 Å². The van der Waals surface area contributed by atoms with Gasteiger partial charge in [0.05, 0.1) is 19.1 Å². The summed E-state index contributed by atoms with van der Waals surface area (Å²) in [4.78, 5) is 10.3. The van der Waals surface area contributed by atoms with Gasteiger partial charge in [0.1, 0.15) is 0 Å². The van der Waals surface area contributed by atoms with E-state index in [-0.39, 0.29) is 5.69 Å².